The van der Waals surface area contributed by atoms with E-state index in [-0.39, 0.29) is 5.69 Å². The maximum Gasteiger partial charge on any atom is 0.356 e. The van der Waals surface area contributed by atoms with Crippen LogP contribution in [0.25, 0.3) is 5.69 Å². The molecule has 0 spiro atoms. The highest BCUT2D eigenvalue weighted by molar-refractivity contribution is 7.99. The van der Waals surface area contributed by atoms with Crippen LogP contribution in [0, 0.1) is 6.92 Å². The molecule has 0 aliphatic carbocycles. The molecule has 0 fully saturated rings. The fourth-order valence-corrected chi connectivity index (χ4v) is 3.03. The molecule has 3 aromatic rings. The topological polar surface area (TPSA) is 68.0 Å². The summed E-state index contributed by atoms with van der Waals surface area (Å²) < 4.78 is 1.53. The molecule has 23 heavy (non-hydrogen) atoms. The summed E-state index contributed by atoms with van der Waals surface area (Å²) in [7, 11) is 0. The van der Waals surface area contributed by atoms with Crippen LogP contribution in [0.4, 0.5) is 0 Å². The molecule has 116 valence electrons. The molecular weight excluding hydrogens is 334 g/mol. The van der Waals surface area contributed by atoms with Crippen LogP contribution in [0.1, 0.15) is 16.1 Å². The second kappa shape index (κ2) is 6.44. The van der Waals surface area contributed by atoms with E-state index >= 15 is 0 Å². The van der Waals surface area contributed by atoms with Crippen molar-refractivity contribution in [3.8, 4) is 5.69 Å². The van der Waals surface area contributed by atoms with Crippen LogP contribution in [-0.4, -0.2) is 25.8 Å². The Hall–Kier alpha value is -2.31. The summed E-state index contributed by atoms with van der Waals surface area (Å²) in [6, 6.07) is 12.5. The van der Waals surface area contributed by atoms with E-state index in [2.05, 4.69) is 10.1 Å². The normalized spacial score (nSPS) is 10.7. The molecule has 1 N–H and O–H groups in total. The van der Waals surface area contributed by atoms with Crippen LogP contribution in [-0.2, 0) is 0 Å². The zero-order valence-corrected chi connectivity index (χ0v) is 13.7. The summed E-state index contributed by atoms with van der Waals surface area (Å²) in [6.45, 7) is 1.96. The predicted molar refractivity (Wildman–Crippen MR) is 88.6 cm³/mol. The van der Waals surface area contributed by atoms with Gasteiger partial charge in [-0.2, -0.15) is 5.10 Å². The molecular formula is C16H12ClN3O2S. The van der Waals surface area contributed by atoms with E-state index < -0.39 is 5.97 Å². The molecule has 3 rings (SSSR count). The SMILES string of the molecule is Cc1ccc(Sc2cc(C(=O)O)nn2-c2ccccc2Cl)nc1. The lowest BCUT2D eigenvalue weighted by Crippen LogP contribution is -2.02. The van der Waals surface area contributed by atoms with Gasteiger partial charge in [0, 0.05) is 12.3 Å². The van der Waals surface area contributed by atoms with Crippen LogP contribution in [0.3, 0.4) is 0 Å². The molecule has 0 atom stereocenters. The summed E-state index contributed by atoms with van der Waals surface area (Å²) in [5.41, 5.74) is 1.64. The van der Waals surface area contributed by atoms with Crippen molar-refractivity contribution in [2.75, 3.05) is 0 Å². The molecule has 0 bridgehead atoms. The molecule has 2 heterocycles. The number of aromatic nitrogens is 3. The highest BCUT2D eigenvalue weighted by atomic mass is 35.5. The molecule has 7 heteroatoms. The molecule has 0 saturated carbocycles. The first kappa shape index (κ1) is 15.6. The van der Waals surface area contributed by atoms with Gasteiger partial charge in [0.1, 0.15) is 10.1 Å². The van der Waals surface area contributed by atoms with Gasteiger partial charge in [-0.05, 0) is 42.4 Å². The second-order valence-electron chi connectivity index (χ2n) is 4.81. The third-order valence-electron chi connectivity index (χ3n) is 3.07. The van der Waals surface area contributed by atoms with Crippen LogP contribution < -0.4 is 0 Å². The summed E-state index contributed by atoms with van der Waals surface area (Å²) in [6.07, 6.45) is 1.76. The fourth-order valence-electron chi connectivity index (χ4n) is 1.96. The Morgan fingerprint density at radius 3 is 2.70 bits per heavy atom. The molecule has 0 aliphatic rings. The minimum absolute atomic E-state index is 0.0421. The molecule has 0 unspecified atom stereocenters. The maximum absolute atomic E-state index is 11.2. The Balaban J connectivity index is 2.06. The number of benzene rings is 1. The van der Waals surface area contributed by atoms with Crippen molar-refractivity contribution in [2.24, 2.45) is 0 Å². The van der Waals surface area contributed by atoms with E-state index in [4.69, 9.17) is 11.6 Å². The van der Waals surface area contributed by atoms with Crippen molar-refractivity contribution in [2.45, 2.75) is 17.0 Å². The summed E-state index contributed by atoms with van der Waals surface area (Å²) in [4.78, 5) is 15.6. The Kier molecular flexibility index (Phi) is 4.36. The minimum Gasteiger partial charge on any atom is -0.476 e. The van der Waals surface area contributed by atoms with Gasteiger partial charge in [-0.1, -0.05) is 29.8 Å². The molecule has 0 saturated heterocycles. The number of nitrogens with zero attached hydrogens (tertiary/aromatic N) is 3. The smallest absolute Gasteiger partial charge is 0.356 e. The second-order valence-corrected chi connectivity index (χ2v) is 6.26. The Bertz CT molecular complexity index is 862. The van der Waals surface area contributed by atoms with E-state index in [0.717, 1.165) is 10.6 Å². The van der Waals surface area contributed by atoms with Gasteiger partial charge in [0.15, 0.2) is 5.69 Å². The van der Waals surface area contributed by atoms with Crippen LogP contribution in [0.5, 0.6) is 0 Å². The monoisotopic (exact) mass is 345 g/mol. The van der Waals surface area contributed by atoms with Gasteiger partial charge in [0.05, 0.1) is 10.7 Å². The number of carboxylic acids is 1. The standard InChI is InChI=1S/C16H12ClN3O2S/c1-10-6-7-14(18-9-10)23-15-8-12(16(21)22)19-20(15)13-5-3-2-4-11(13)17/h2-9H,1H3,(H,21,22). The fraction of sp³-hybridized carbons (Fsp3) is 0.0625. The van der Waals surface area contributed by atoms with Crippen LogP contribution >= 0.6 is 23.4 Å². The number of hydrogen-bond donors (Lipinski definition) is 1. The van der Waals surface area contributed by atoms with Crippen molar-refractivity contribution in [3.63, 3.8) is 0 Å². The van der Waals surface area contributed by atoms with Crippen molar-refractivity contribution < 1.29 is 9.90 Å². The highest BCUT2D eigenvalue weighted by Crippen LogP contribution is 2.31. The molecule has 5 nitrogen and oxygen atoms in total. The Labute approximate surface area is 141 Å². The summed E-state index contributed by atoms with van der Waals surface area (Å²) in [5.74, 6) is -1.09. The Morgan fingerprint density at radius 1 is 1.26 bits per heavy atom. The number of aryl methyl sites for hydroxylation is 1. The zero-order chi connectivity index (χ0) is 16.4. The highest BCUT2D eigenvalue weighted by Gasteiger charge is 2.17. The largest absolute Gasteiger partial charge is 0.476 e. The molecule has 0 amide bonds. The molecule has 2 aromatic heterocycles. The summed E-state index contributed by atoms with van der Waals surface area (Å²) >= 11 is 7.54. The van der Waals surface area contributed by atoms with Gasteiger partial charge >= 0.3 is 5.97 Å². The Morgan fingerprint density at radius 2 is 2.04 bits per heavy atom. The van der Waals surface area contributed by atoms with Gasteiger partial charge in [-0.3, -0.25) is 0 Å². The third kappa shape index (κ3) is 3.38. The number of carboxylic acid groups (broad SMARTS) is 1. The van der Waals surface area contributed by atoms with Gasteiger partial charge in [0.25, 0.3) is 0 Å². The zero-order valence-electron chi connectivity index (χ0n) is 12.1. The number of halogens is 1. The van der Waals surface area contributed by atoms with E-state index in [9.17, 15) is 9.90 Å². The van der Waals surface area contributed by atoms with Crippen LogP contribution in [0.15, 0.2) is 58.7 Å². The number of rotatable bonds is 4. The third-order valence-corrected chi connectivity index (χ3v) is 4.34. The molecule has 1 aromatic carbocycles. The van der Waals surface area contributed by atoms with E-state index in [1.54, 1.807) is 18.3 Å². The lowest BCUT2D eigenvalue weighted by molar-refractivity contribution is 0.0690. The molecule has 0 aliphatic heterocycles. The maximum atomic E-state index is 11.2. The van der Waals surface area contributed by atoms with Crippen LogP contribution in [0.2, 0.25) is 5.02 Å². The van der Waals surface area contributed by atoms with E-state index in [0.29, 0.717) is 15.7 Å². The first-order valence-corrected chi connectivity index (χ1v) is 7.93. The van der Waals surface area contributed by atoms with Gasteiger partial charge in [0.2, 0.25) is 0 Å². The average molecular weight is 346 g/mol. The number of carbonyl (C=O) groups is 1. The van der Waals surface area contributed by atoms with Gasteiger partial charge in [-0.15, -0.1) is 0 Å². The lowest BCUT2D eigenvalue weighted by atomic mass is 10.3. The van der Waals surface area contributed by atoms with Crippen molar-refractivity contribution >= 4 is 29.3 Å². The first-order chi connectivity index (χ1) is 11.0. The van der Waals surface area contributed by atoms with Gasteiger partial charge < -0.3 is 5.11 Å². The predicted octanol–water partition coefficient (Wildman–Crippen LogP) is 4.08. The number of para-hydroxylation sites is 1. The van der Waals surface area contributed by atoms with E-state index in [1.807, 2.05) is 31.2 Å². The quantitative estimate of drug-likeness (QED) is 0.771. The summed E-state index contributed by atoms with van der Waals surface area (Å²) in [5, 5.41) is 15.2. The van der Waals surface area contributed by atoms with E-state index in [1.165, 1.54) is 22.5 Å². The average Bonchev–Trinajstić information content (AvgIpc) is 2.94. The lowest BCUT2D eigenvalue weighted by Gasteiger charge is -2.08. The number of aromatic carboxylic acids is 1. The van der Waals surface area contributed by atoms with Gasteiger partial charge in [-0.25, -0.2) is 14.5 Å². The van der Waals surface area contributed by atoms with Crippen molar-refractivity contribution in [3.05, 3.63) is 64.9 Å². The molecule has 0 radical (unpaired) electrons. The van der Waals surface area contributed by atoms with Crippen molar-refractivity contribution in [1.82, 2.24) is 14.8 Å². The number of pyridine rings is 1. The van der Waals surface area contributed by atoms with Crippen molar-refractivity contribution in [1.29, 1.82) is 0 Å². The number of hydrogen-bond acceptors (Lipinski definition) is 4. The first-order valence-electron chi connectivity index (χ1n) is 6.73. The minimum atomic E-state index is -1.09.